The molecule has 1 aliphatic rings. The monoisotopic (exact) mass is 271 g/mol. The van der Waals surface area contributed by atoms with E-state index in [1.54, 1.807) is 0 Å². The van der Waals surface area contributed by atoms with Crippen molar-refractivity contribution in [2.75, 3.05) is 40.0 Å². The second-order valence-corrected chi connectivity index (χ2v) is 4.64. The molecule has 0 spiro atoms. The Bertz CT molecular complexity index is 420. The van der Waals surface area contributed by atoms with Crippen LogP contribution in [-0.4, -0.2) is 44.9 Å². The van der Waals surface area contributed by atoms with Gasteiger partial charge in [0.1, 0.15) is 5.75 Å². The summed E-state index contributed by atoms with van der Waals surface area (Å²) in [7, 11) is 1.47. The lowest BCUT2D eigenvalue weighted by molar-refractivity contribution is 0.0374. The van der Waals surface area contributed by atoms with E-state index in [1.807, 2.05) is 0 Å². The van der Waals surface area contributed by atoms with E-state index < -0.39 is 11.6 Å². The van der Waals surface area contributed by atoms with Gasteiger partial charge in [0.25, 0.3) is 0 Å². The molecule has 1 fully saturated rings. The Balaban J connectivity index is 1.89. The molecule has 1 aliphatic heterocycles. The Morgan fingerprint density at radius 2 is 1.89 bits per heavy atom. The molecular formula is C14H19F2NO2. The zero-order valence-electron chi connectivity index (χ0n) is 11.1. The van der Waals surface area contributed by atoms with Gasteiger partial charge in [-0.2, -0.15) is 0 Å². The molecule has 1 heterocycles. The van der Waals surface area contributed by atoms with Gasteiger partial charge in [-0.15, -0.1) is 0 Å². The van der Waals surface area contributed by atoms with Crippen molar-refractivity contribution in [2.45, 2.75) is 12.8 Å². The minimum Gasteiger partial charge on any atom is -0.496 e. The van der Waals surface area contributed by atoms with Crippen LogP contribution in [0.1, 0.15) is 12.0 Å². The summed E-state index contributed by atoms with van der Waals surface area (Å²) < 4.78 is 36.7. The summed E-state index contributed by atoms with van der Waals surface area (Å²) in [4.78, 5) is 2.32. The van der Waals surface area contributed by atoms with Crippen LogP contribution in [0.2, 0.25) is 0 Å². The number of methoxy groups -OCH3 is 1. The van der Waals surface area contributed by atoms with E-state index in [1.165, 1.54) is 13.2 Å². The predicted molar refractivity (Wildman–Crippen MR) is 68.5 cm³/mol. The third kappa shape index (κ3) is 3.88. The molecule has 106 valence electrons. The first-order chi connectivity index (χ1) is 9.20. The molecule has 5 heteroatoms. The molecule has 0 N–H and O–H groups in total. The lowest BCUT2D eigenvalue weighted by Crippen LogP contribution is -2.36. The van der Waals surface area contributed by atoms with E-state index >= 15 is 0 Å². The minimum absolute atomic E-state index is 0.417. The van der Waals surface area contributed by atoms with Crippen molar-refractivity contribution in [2.24, 2.45) is 0 Å². The highest BCUT2D eigenvalue weighted by molar-refractivity contribution is 5.34. The van der Waals surface area contributed by atoms with Crippen LogP contribution >= 0.6 is 0 Å². The van der Waals surface area contributed by atoms with Gasteiger partial charge in [0.05, 0.1) is 20.3 Å². The van der Waals surface area contributed by atoms with Crippen LogP contribution < -0.4 is 4.74 Å². The van der Waals surface area contributed by atoms with Crippen molar-refractivity contribution >= 4 is 0 Å². The highest BCUT2D eigenvalue weighted by Gasteiger charge is 2.12. The van der Waals surface area contributed by atoms with Gasteiger partial charge >= 0.3 is 0 Å². The quantitative estimate of drug-likeness (QED) is 0.820. The van der Waals surface area contributed by atoms with Crippen molar-refractivity contribution in [1.82, 2.24) is 4.90 Å². The number of hydrogen-bond acceptors (Lipinski definition) is 3. The number of halogens is 2. The molecule has 2 rings (SSSR count). The van der Waals surface area contributed by atoms with Crippen LogP contribution in [0.15, 0.2) is 12.1 Å². The highest BCUT2D eigenvalue weighted by atomic mass is 19.2. The summed E-state index contributed by atoms with van der Waals surface area (Å²) in [5, 5.41) is 0. The Labute approximate surface area is 112 Å². The summed E-state index contributed by atoms with van der Waals surface area (Å²) in [5.41, 5.74) is 0.717. The van der Waals surface area contributed by atoms with E-state index in [9.17, 15) is 8.78 Å². The van der Waals surface area contributed by atoms with Crippen LogP contribution in [0.25, 0.3) is 0 Å². The maximum atomic E-state index is 13.2. The van der Waals surface area contributed by atoms with E-state index in [-0.39, 0.29) is 0 Å². The fourth-order valence-corrected chi connectivity index (χ4v) is 2.27. The Morgan fingerprint density at radius 1 is 1.21 bits per heavy atom. The van der Waals surface area contributed by atoms with Crippen LogP contribution in [0.3, 0.4) is 0 Å². The molecule has 0 atom stereocenters. The largest absolute Gasteiger partial charge is 0.496 e. The summed E-state index contributed by atoms with van der Waals surface area (Å²) in [6.45, 7) is 4.36. The zero-order valence-corrected chi connectivity index (χ0v) is 11.1. The second kappa shape index (κ2) is 6.82. The zero-order chi connectivity index (χ0) is 13.7. The molecular weight excluding hydrogens is 252 g/mol. The number of ether oxygens (including phenoxy) is 2. The first-order valence-corrected chi connectivity index (χ1v) is 6.52. The SMILES string of the molecule is COc1cc(F)c(F)cc1CCCN1CCOCC1. The van der Waals surface area contributed by atoms with Gasteiger partial charge in [0.2, 0.25) is 0 Å². The molecule has 1 aromatic carbocycles. The molecule has 0 aromatic heterocycles. The van der Waals surface area contributed by atoms with Crippen LogP contribution in [0, 0.1) is 11.6 Å². The molecule has 19 heavy (non-hydrogen) atoms. The maximum Gasteiger partial charge on any atom is 0.162 e. The fourth-order valence-electron chi connectivity index (χ4n) is 2.27. The predicted octanol–water partition coefficient (Wildman–Crippen LogP) is 2.24. The summed E-state index contributed by atoms with van der Waals surface area (Å²) >= 11 is 0. The average molecular weight is 271 g/mol. The average Bonchev–Trinajstić information content (AvgIpc) is 2.43. The smallest absolute Gasteiger partial charge is 0.162 e. The van der Waals surface area contributed by atoms with Gasteiger partial charge in [-0.05, 0) is 31.0 Å². The summed E-state index contributed by atoms with van der Waals surface area (Å²) in [6, 6.07) is 2.34. The summed E-state index contributed by atoms with van der Waals surface area (Å²) in [6.07, 6.45) is 1.57. The second-order valence-electron chi connectivity index (χ2n) is 4.64. The number of hydrogen-bond donors (Lipinski definition) is 0. The Morgan fingerprint density at radius 3 is 2.58 bits per heavy atom. The number of morpholine rings is 1. The van der Waals surface area contributed by atoms with Crippen LogP contribution in [0.4, 0.5) is 8.78 Å². The van der Waals surface area contributed by atoms with E-state index in [4.69, 9.17) is 9.47 Å². The van der Waals surface area contributed by atoms with Gasteiger partial charge in [0, 0.05) is 19.2 Å². The molecule has 1 aromatic rings. The first kappa shape index (κ1) is 14.2. The normalized spacial score (nSPS) is 16.6. The maximum absolute atomic E-state index is 13.2. The van der Waals surface area contributed by atoms with Crippen LogP contribution in [-0.2, 0) is 11.2 Å². The number of nitrogens with zero attached hydrogens (tertiary/aromatic N) is 1. The van der Waals surface area contributed by atoms with Crippen LogP contribution in [0.5, 0.6) is 5.75 Å². The van der Waals surface area contributed by atoms with Gasteiger partial charge < -0.3 is 9.47 Å². The van der Waals surface area contributed by atoms with Gasteiger partial charge in [-0.1, -0.05) is 0 Å². The molecule has 0 bridgehead atoms. The summed E-state index contributed by atoms with van der Waals surface area (Å²) in [5.74, 6) is -1.27. The van der Waals surface area contributed by atoms with Crippen molar-refractivity contribution in [3.8, 4) is 5.75 Å². The van der Waals surface area contributed by atoms with Gasteiger partial charge in [-0.3, -0.25) is 4.90 Å². The van der Waals surface area contributed by atoms with E-state index in [0.717, 1.165) is 50.9 Å². The van der Waals surface area contributed by atoms with Crippen molar-refractivity contribution in [3.63, 3.8) is 0 Å². The van der Waals surface area contributed by atoms with Crippen molar-refractivity contribution < 1.29 is 18.3 Å². The Kier molecular flexibility index (Phi) is 5.10. The van der Waals surface area contributed by atoms with E-state index in [2.05, 4.69) is 4.90 Å². The first-order valence-electron chi connectivity index (χ1n) is 6.52. The third-order valence-electron chi connectivity index (χ3n) is 3.35. The number of rotatable bonds is 5. The van der Waals surface area contributed by atoms with Gasteiger partial charge in [-0.25, -0.2) is 8.78 Å². The molecule has 0 aliphatic carbocycles. The molecule has 0 saturated carbocycles. The van der Waals surface area contributed by atoms with Crippen molar-refractivity contribution in [3.05, 3.63) is 29.3 Å². The highest BCUT2D eigenvalue weighted by Crippen LogP contribution is 2.23. The molecule has 3 nitrogen and oxygen atoms in total. The van der Waals surface area contributed by atoms with Crippen molar-refractivity contribution in [1.29, 1.82) is 0 Å². The minimum atomic E-state index is -0.867. The molecule has 0 unspecified atom stereocenters. The lowest BCUT2D eigenvalue weighted by Gasteiger charge is -2.26. The molecule has 1 saturated heterocycles. The standard InChI is InChI=1S/C14H19F2NO2/c1-18-14-10-13(16)12(15)9-11(14)3-2-4-17-5-7-19-8-6-17/h9-10H,2-8H2,1H3. The third-order valence-corrected chi connectivity index (χ3v) is 3.35. The van der Waals surface area contributed by atoms with Gasteiger partial charge in [0.15, 0.2) is 11.6 Å². The topological polar surface area (TPSA) is 21.7 Å². The fraction of sp³-hybridized carbons (Fsp3) is 0.571. The Hall–Kier alpha value is -1.20. The number of benzene rings is 1. The lowest BCUT2D eigenvalue weighted by atomic mass is 10.1. The number of aryl methyl sites for hydroxylation is 1. The molecule has 0 radical (unpaired) electrons. The molecule has 0 amide bonds. The van der Waals surface area contributed by atoms with E-state index in [0.29, 0.717) is 12.2 Å².